The van der Waals surface area contributed by atoms with E-state index in [0.717, 1.165) is 70.8 Å². The molecule has 51 heavy (non-hydrogen) atoms. The Balaban J connectivity index is 1.02. The van der Waals surface area contributed by atoms with Crippen molar-refractivity contribution in [2.45, 2.75) is 30.7 Å². The molecule has 1 saturated heterocycles. The van der Waals surface area contributed by atoms with Gasteiger partial charge in [0.25, 0.3) is 5.91 Å². The van der Waals surface area contributed by atoms with Crippen LogP contribution in [-0.4, -0.2) is 79.8 Å². The van der Waals surface area contributed by atoms with Crippen LogP contribution >= 0.6 is 0 Å². The van der Waals surface area contributed by atoms with Gasteiger partial charge in [0.15, 0.2) is 0 Å². The zero-order chi connectivity index (χ0) is 35.0. The number of rotatable bonds is 10. The highest BCUT2D eigenvalue weighted by atomic mass is 32.2. The van der Waals surface area contributed by atoms with Crippen LogP contribution in [-0.2, 0) is 28.7 Å². The molecule has 4 heterocycles. The monoisotopic (exact) mass is 701 g/mol. The Labute approximate surface area is 299 Å². The molecule has 11 heteroatoms. The summed E-state index contributed by atoms with van der Waals surface area (Å²) in [6.45, 7) is 5.65. The molecular formula is C40H43N7O3S. The number of hydrogen-bond donors (Lipinski definition) is 3. The molecule has 1 unspecified atom stereocenters. The molecule has 1 fully saturated rings. The molecule has 0 spiro atoms. The first-order chi connectivity index (χ1) is 24.8. The molecule has 3 aliphatic heterocycles. The van der Waals surface area contributed by atoms with Gasteiger partial charge in [-0.25, -0.2) is 13.4 Å². The van der Waals surface area contributed by atoms with Crippen LogP contribution in [0.2, 0.25) is 0 Å². The van der Waals surface area contributed by atoms with Crippen molar-refractivity contribution in [3.63, 3.8) is 0 Å². The molecular weight excluding hydrogens is 659 g/mol. The third-order valence-electron chi connectivity index (χ3n) is 10.6. The summed E-state index contributed by atoms with van der Waals surface area (Å²) in [5.41, 5.74) is 9.99. The number of sulfonamides is 1. The van der Waals surface area contributed by atoms with Crippen LogP contribution < -0.4 is 15.5 Å². The van der Waals surface area contributed by atoms with E-state index in [2.05, 4.69) is 92.0 Å². The van der Waals surface area contributed by atoms with Crippen LogP contribution in [0.1, 0.15) is 50.3 Å². The van der Waals surface area contributed by atoms with Crippen LogP contribution in [0.4, 0.5) is 11.4 Å². The predicted molar refractivity (Wildman–Crippen MR) is 201 cm³/mol. The highest BCUT2D eigenvalue weighted by molar-refractivity contribution is 7.88. The van der Waals surface area contributed by atoms with E-state index in [4.69, 9.17) is 0 Å². The third kappa shape index (κ3) is 6.89. The Bertz CT molecular complexity index is 2110. The lowest BCUT2D eigenvalue weighted by molar-refractivity contribution is 0.0949. The molecule has 0 saturated carbocycles. The number of H-pyrrole nitrogens is 1. The number of hydrogen-bond acceptors (Lipinski definition) is 7. The van der Waals surface area contributed by atoms with Crippen LogP contribution in [0.15, 0.2) is 104 Å². The van der Waals surface area contributed by atoms with E-state index in [1.54, 1.807) is 4.31 Å². The first-order valence-electron chi connectivity index (χ1n) is 17.7. The molecule has 8 rings (SSSR count). The summed E-state index contributed by atoms with van der Waals surface area (Å²) in [7, 11) is -1.54. The van der Waals surface area contributed by atoms with Gasteiger partial charge in [-0.3, -0.25) is 4.79 Å². The minimum atomic E-state index is -3.71. The lowest BCUT2D eigenvalue weighted by atomic mass is 9.87. The number of carbonyl (C=O) groups is 1. The lowest BCUT2D eigenvalue weighted by Crippen LogP contribution is -2.44. The maximum absolute atomic E-state index is 14.4. The van der Waals surface area contributed by atoms with Crippen LogP contribution in [0.5, 0.6) is 0 Å². The minimum Gasteiger partial charge on any atom is -0.384 e. The summed E-state index contributed by atoms with van der Waals surface area (Å²) in [4.78, 5) is 23.7. The molecule has 2 atom stereocenters. The zero-order valence-corrected chi connectivity index (χ0v) is 29.6. The molecule has 5 aromatic rings. The Morgan fingerprint density at radius 2 is 1.63 bits per heavy atom. The van der Waals surface area contributed by atoms with Gasteiger partial charge in [-0.1, -0.05) is 66.7 Å². The summed E-state index contributed by atoms with van der Waals surface area (Å²) < 4.78 is 30.5. The largest absolute Gasteiger partial charge is 0.384 e. The fourth-order valence-corrected chi connectivity index (χ4v) is 9.44. The van der Waals surface area contributed by atoms with E-state index in [0.29, 0.717) is 31.7 Å². The van der Waals surface area contributed by atoms with Crippen molar-refractivity contribution in [2.75, 3.05) is 56.5 Å². The first-order valence-corrected chi connectivity index (χ1v) is 19.3. The normalized spacial score (nSPS) is 19.0. The van der Waals surface area contributed by atoms with Crippen molar-refractivity contribution >= 4 is 27.3 Å². The Morgan fingerprint density at radius 1 is 0.882 bits per heavy atom. The number of aromatic amines is 1. The van der Waals surface area contributed by atoms with Gasteiger partial charge in [0.2, 0.25) is 10.0 Å². The standard InChI is InChI=1S/C40H43N7O3S/c1-45-18-20-46(21-19-45)33-14-12-30(13-15-33)31-10-11-32-25-47(39(35(32)22-31)36-23-43-37-5-3-2-4-34(36)37)51(49,50)26-29-8-6-28(7-9-29)16-17-42-40(48)38-24-41-27-44-38/h2-15,22,24,27,36,39,43H,16-21,23,25-26H2,1H3,(H,41,44)(H,42,48)/t36?,39-/m1/s1. The van der Waals surface area contributed by atoms with E-state index in [1.165, 1.54) is 18.2 Å². The van der Waals surface area contributed by atoms with Gasteiger partial charge >= 0.3 is 0 Å². The summed E-state index contributed by atoms with van der Waals surface area (Å²) in [5.74, 6) is -0.314. The Kier molecular flexibility index (Phi) is 9.10. The number of anilines is 2. The second-order valence-corrected chi connectivity index (χ2v) is 15.8. The topological polar surface area (TPSA) is 114 Å². The van der Waals surface area contributed by atoms with E-state index in [1.807, 2.05) is 36.4 Å². The number of likely N-dealkylation sites (N-methyl/N-ethyl adjacent to an activating group) is 1. The fourth-order valence-electron chi connectivity index (χ4n) is 7.72. The smallest absolute Gasteiger partial charge is 0.269 e. The van der Waals surface area contributed by atoms with Gasteiger partial charge in [-0.05, 0) is 76.7 Å². The highest BCUT2D eigenvalue weighted by Crippen LogP contribution is 2.49. The van der Waals surface area contributed by atoms with E-state index in [9.17, 15) is 13.2 Å². The number of aromatic nitrogens is 2. The van der Waals surface area contributed by atoms with Gasteiger partial charge in [0, 0.05) is 63.1 Å². The number of para-hydroxylation sites is 1. The first kappa shape index (κ1) is 33.2. The minimum absolute atomic E-state index is 0.0218. The molecule has 4 aromatic carbocycles. The van der Waals surface area contributed by atoms with Crippen LogP contribution in [0, 0.1) is 0 Å². The quantitative estimate of drug-likeness (QED) is 0.179. The van der Waals surface area contributed by atoms with Gasteiger partial charge in [-0.15, -0.1) is 0 Å². The van der Waals surface area contributed by atoms with Crippen molar-refractivity contribution < 1.29 is 13.2 Å². The maximum Gasteiger partial charge on any atom is 0.269 e. The van der Waals surface area contributed by atoms with Crippen LogP contribution in [0.3, 0.4) is 0 Å². The molecule has 10 nitrogen and oxygen atoms in total. The summed E-state index contributed by atoms with van der Waals surface area (Å²) in [5, 5.41) is 6.42. The second kappa shape index (κ2) is 14.0. The average molecular weight is 702 g/mol. The molecule has 3 N–H and O–H groups in total. The Morgan fingerprint density at radius 3 is 2.39 bits per heavy atom. The van der Waals surface area contributed by atoms with Gasteiger partial charge < -0.3 is 25.4 Å². The number of fused-ring (bicyclic) bond motifs is 2. The second-order valence-electron chi connectivity index (χ2n) is 13.9. The van der Waals surface area contributed by atoms with Crippen molar-refractivity contribution in [3.05, 3.63) is 137 Å². The van der Waals surface area contributed by atoms with Gasteiger partial charge in [0.1, 0.15) is 5.69 Å². The van der Waals surface area contributed by atoms with E-state index < -0.39 is 10.0 Å². The summed E-state index contributed by atoms with van der Waals surface area (Å²) in [6, 6.07) is 30.9. The Hall–Kier alpha value is -4.97. The van der Waals surface area contributed by atoms with Crippen molar-refractivity contribution in [1.29, 1.82) is 0 Å². The molecule has 0 aliphatic carbocycles. The molecule has 3 aliphatic rings. The summed E-state index contributed by atoms with van der Waals surface area (Å²) >= 11 is 0. The average Bonchev–Trinajstić information content (AvgIpc) is 3.92. The number of piperazine rings is 1. The summed E-state index contributed by atoms with van der Waals surface area (Å²) in [6.07, 6.45) is 3.59. The van der Waals surface area contributed by atoms with E-state index in [-0.39, 0.29) is 23.6 Å². The third-order valence-corrected chi connectivity index (χ3v) is 12.4. The van der Waals surface area contributed by atoms with Crippen LogP contribution in [0.25, 0.3) is 11.1 Å². The molecule has 262 valence electrons. The molecule has 1 aromatic heterocycles. The van der Waals surface area contributed by atoms with Gasteiger partial charge in [-0.2, -0.15) is 4.31 Å². The highest BCUT2D eigenvalue weighted by Gasteiger charge is 2.44. The lowest BCUT2D eigenvalue weighted by Gasteiger charge is -2.34. The molecule has 1 amide bonds. The van der Waals surface area contributed by atoms with E-state index >= 15 is 0 Å². The van der Waals surface area contributed by atoms with Crippen molar-refractivity contribution in [1.82, 2.24) is 24.5 Å². The van der Waals surface area contributed by atoms with Crippen molar-refractivity contribution in [3.8, 4) is 11.1 Å². The number of benzene rings is 4. The predicted octanol–water partition coefficient (Wildman–Crippen LogP) is 5.40. The number of nitrogens with zero attached hydrogens (tertiary/aromatic N) is 4. The number of amides is 1. The SMILES string of the molecule is CN1CCN(c2ccc(-c3ccc4c(c3)[C@H](C3CNc5ccccc53)N(S(=O)(=O)Cc3ccc(CCNC(=O)c5cnc[nH]5)cc3)C4)cc2)CC1. The zero-order valence-electron chi connectivity index (χ0n) is 28.8. The van der Waals surface area contributed by atoms with Gasteiger partial charge in [0.05, 0.1) is 24.3 Å². The number of nitrogens with one attached hydrogen (secondary N) is 3. The number of carbonyl (C=O) groups excluding carboxylic acids is 1. The van der Waals surface area contributed by atoms with Crippen molar-refractivity contribution in [2.24, 2.45) is 0 Å². The maximum atomic E-state index is 14.4. The molecule has 0 radical (unpaired) electrons. The fraction of sp³-hybridized carbons (Fsp3) is 0.300. The number of imidazole rings is 1. The molecule has 0 bridgehead atoms.